The molecule has 0 aromatic heterocycles. The van der Waals surface area contributed by atoms with Gasteiger partial charge in [-0.25, -0.2) is 0 Å². The first-order chi connectivity index (χ1) is 9.45. The van der Waals surface area contributed by atoms with Gasteiger partial charge in [0.2, 0.25) is 5.91 Å². The minimum absolute atomic E-state index is 0.0451. The second kappa shape index (κ2) is 7.65. The Morgan fingerprint density at radius 2 is 1.85 bits per heavy atom. The predicted octanol–water partition coefficient (Wildman–Crippen LogP) is 1.16. The number of hydrogen-bond donors (Lipinski definition) is 3. The molecule has 0 saturated carbocycles. The summed E-state index contributed by atoms with van der Waals surface area (Å²) in [6, 6.07) is 7.21. The molecule has 0 fully saturated rings. The largest absolute Gasteiger partial charge is 0.481 e. The van der Waals surface area contributed by atoms with E-state index in [2.05, 4.69) is 5.32 Å². The van der Waals surface area contributed by atoms with Crippen molar-refractivity contribution >= 4 is 11.9 Å². The molecule has 0 aliphatic heterocycles. The average molecular weight is 278 g/mol. The quantitative estimate of drug-likeness (QED) is 0.698. The summed E-state index contributed by atoms with van der Waals surface area (Å²) in [4.78, 5) is 22.8. The molecule has 5 nitrogen and oxygen atoms in total. The molecule has 0 aliphatic carbocycles. The molecule has 0 spiro atoms. The lowest BCUT2D eigenvalue weighted by Gasteiger charge is -2.18. The second-order valence-electron chi connectivity index (χ2n) is 5.14. The van der Waals surface area contributed by atoms with Gasteiger partial charge in [-0.1, -0.05) is 38.1 Å². The van der Waals surface area contributed by atoms with E-state index in [-0.39, 0.29) is 24.2 Å². The van der Waals surface area contributed by atoms with Crippen LogP contribution >= 0.6 is 0 Å². The van der Waals surface area contributed by atoms with Gasteiger partial charge in [-0.05, 0) is 17.0 Å². The topological polar surface area (TPSA) is 92.4 Å². The average Bonchev–Trinajstić information content (AvgIpc) is 2.37. The van der Waals surface area contributed by atoms with Crippen LogP contribution in [-0.2, 0) is 22.6 Å². The zero-order valence-corrected chi connectivity index (χ0v) is 11.9. The Morgan fingerprint density at radius 1 is 1.25 bits per heavy atom. The highest BCUT2D eigenvalue weighted by atomic mass is 16.4. The van der Waals surface area contributed by atoms with E-state index in [1.807, 2.05) is 26.0 Å². The third-order valence-corrected chi connectivity index (χ3v) is 3.31. The Balaban J connectivity index is 2.70. The summed E-state index contributed by atoms with van der Waals surface area (Å²) < 4.78 is 0. The molecule has 0 bridgehead atoms. The van der Waals surface area contributed by atoms with E-state index in [4.69, 9.17) is 10.8 Å². The van der Waals surface area contributed by atoms with Gasteiger partial charge in [0.15, 0.2) is 0 Å². The summed E-state index contributed by atoms with van der Waals surface area (Å²) in [6.45, 7) is 4.54. The van der Waals surface area contributed by atoms with E-state index >= 15 is 0 Å². The van der Waals surface area contributed by atoms with Crippen LogP contribution < -0.4 is 11.1 Å². The van der Waals surface area contributed by atoms with Crippen LogP contribution in [0.4, 0.5) is 0 Å². The predicted molar refractivity (Wildman–Crippen MR) is 77.0 cm³/mol. The normalized spacial score (nSPS) is 12.2. The summed E-state index contributed by atoms with van der Waals surface area (Å²) in [5, 5.41) is 11.7. The number of amides is 1. The van der Waals surface area contributed by atoms with Crippen molar-refractivity contribution in [1.29, 1.82) is 0 Å². The number of carbonyl (C=O) groups excluding carboxylic acids is 1. The van der Waals surface area contributed by atoms with Gasteiger partial charge in [0.05, 0.1) is 12.3 Å². The third kappa shape index (κ3) is 4.66. The number of carboxylic acids is 1. The lowest BCUT2D eigenvalue weighted by molar-refractivity contribution is -0.136. The number of carbonyl (C=O) groups is 2. The van der Waals surface area contributed by atoms with Gasteiger partial charge >= 0.3 is 5.97 Å². The van der Waals surface area contributed by atoms with E-state index in [1.54, 1.807) is 12.1 Å². The number of benzene rings is 1. The van der Waals surface area contributed by atoms with Crippen LogP contribution in [0.15, 0.2) is 24.3 Å². The third-order valence-electron chi connectivity index (χ3n) is 3.31. The molecule has 0 aliphatic rings. The van der Waals surface area contributed by atoms with Crippen LogP contribution in [-0.4, -0.2) is 23.5 Å². The molecule has 1 unspecified atom stereocenters. The molecule has 110 valence electrons. The van der Waals surface area contributed by atoms with Crippen LogP contribution in [0.25, 0.3) is 0 Å². The van der Waals surface area contributed by atoms with Gasteiger partial charge in [-0.15, -0.1) is 0 Å². The summed E-state index contributed by atoms with van der Waals surface area (Å²) in [5.74, 6) is -1.02. The monoisotopic (exact) mass is 278 g/mol. The molecular weight excluding hydrogens is 256 g/mol. The lowest BCUT2D eigenvalue weighted by Crippen LogP contribution is -2.37. The van der Waals surface area contributed by atoms with Crippen LogP contribution in [0.5, 0.6) is 0 Å². The van der Waals surface area contributed by atoms with Crippen molar-refractivity contribution in [3.63, 3.8) is 0 Å². The summed E-state index contributed by atoms with van der Waals surface area (Å²) in [5.41, 5.74) is 7.14. The first-order valence-electron chi connectivity index (χ1n) is 6.72. The van der Waals surface area contributed by atoms with Gasteiger partial charge in [-0.2, -0.15) is 0 Å². The van der Waals surface area contributed by atoms with Crippen molar-refractivity contribution in [2.45, 2.75) is 26.8 Å². The molecule has 0 heterocycles. The van der Waals surface area contributed by atoms with Crippen LogP contribution in [0.2, 0.25) is 0 Å². The molecule has 5 heteroatoms. The van der Waals surface area contributed by atoms with Crippen molar-refractivity contribution in [2.75, 3.05) is 6.54 Å². The van der Waals surface area contributed by atoms with E-state index in [1.165, 1.54) is 0 Å². The highest BCUT2D eigenvalue weighted by Crippen LogP contribution is 2.12. The van der Waals surface area contributed by atoms with E-state index in [0.29, 0.717) is 18.7 Å². The fraction of sp³-hybridized carbons (Fsp3) is 0.467. The standard InChI is InChI=1S/C15H22N2O3/c1-10(2)13(8-16)15(20)17-9-12-6-4-3-5-11(12)7-14(18)19/h3-6,10,13H,7-9,16H2,1-2H3,(H,17,20)(H,18,19). The minimum Gasteiger partial charge on any atom is -0.481 e. The maximum absolute atomic E-state index is 12.0. The van der Waals surface area contributed by atoms with Crippen molar-refractivity contribution in [3.8, 4) is 0 Å². The fourth-order valence-corrected chi connectivity index (χ4v) is 2.06. The molecule has 1 aromatic rings. The zero-order chi connectivity index (χ0) is 15.1. The second-order valence-corrected chi connectivity index (χ2v) is 5.14. The Morgan fingerprint density at radius 3 is 2.35 bits per heavy atom. The van der Waals surface area contributed by atoms with Crippen LogP contribution in [0.3, 0.4) is 0 Å². The van der Waals surface area contributed by atoms with Crippen molar-refractivity contribution < 1.29 is 14.7 Å². The molecule has 1 aromatic carbocycles. The van der Waals surface area contributed by atoms with E-state index < -0.39 is 5.97 Å². The Bertz CT molecular complexity index is 472. The molecule has 0 radical (unpaired) electrons. The Kier molecular flexibility index (Phi) is 6.18. The van der Waals surface area contributed by atoms with Crippen molar-refractivity contribution in [3.05, 3.63) is 35.4 Å². The van der Waals surface area contributed by atoms with Crippen LogP contribution in [0, 0.1) is 11.8 Å². The van der Waals surface area contributed by atoms with Gasteiger partial charge in [0, 0.05) is 13.1 Å². The molecule has 1 rings (SSSR count). The van der Waals surface area contributed by atoms with E-state index in [9.17, 15) is 9.59 Å². The number of hydrogen-bond acceptors (Lipinski definition) is 3. The minimum atomic E-state index is -0.884. The van der Waals surface area contributed by atoms with Gasteiger partial charge < -0.3 is 16.2 Å². The van der Waals surface area contributed by atoms with Crippen LogP contribution in [0.1, 0.15) is 25.0 Å². The molecule has 1 amide bonds. The smallest absolute Gasteiger partial charge is 0.307 e. The highest BCUT2D eigenvalue weighted by molar-refractivity contribution is 5.79. The molecule has 0 saturated heterocycles. The van der Waals surface area contributed by atoms with Gasteiger partial charge in [-0.3, -0.25) is 9.59 Å². The highest BCUT2D eigenvalue weighted by Gasteiger charge is 2.20. The number of rotatable bonds is 7. The number of nitrogens with one attached hydrogen (secondary N) is 1. The zero-order valence-electron chi connectivity index (χ0n) is 11.9. The van der Waals surface area contributed by atoms with Gasteiger partial charge in [0.1, 0.15) is 0 Å². The summed E-state index contributed by atoms with van der Waals surface area (Å²) >= 11 is 0. The number of carboxylic acid groups (broad SMARTS) is 1. The van der Waals surface area contributed by atoms with Crippen molar-refractivity contribution in [2.24, 2.45) is 17.6 Å². The molecule has 20 heavy (non-hydrogen) atoms. The summed E-state index contributed by atoms with van der Waals surface area (Å²) in [6.07, 6.45) is -0.0451. The lowest BCUT2D eigenvalue weighted by atomic mass is 9.95. The Hall–Kier alpha value is -1.88. The van der Waals surface area contributed by atoms with Gasteiger partial charge in [0.25, 0.3) is 0 Å². The van der Waals surface area contributed by atoms with Crippen molar-refractivity contribution in [1.82, 2.24) is 5.32 Å². The number of aliphatic carboxylic acids is 1. The summed E-state index contributed by atoms with van der Waals surface area (Å²) in [7, 11) is 0. The molecular formula is C15H22N2O3. The first-order valence-corrected chi connectivity index (χ1v) is 6.72. The number of nitrogens with two attached hydrogens (primary N) is 1. The first kappa shape index (κ1) is 16.2. The maximum Gasteiger partial charge on any atom is 0.307 e. The fourth-order valence-electron chi connectivity index (χ4n) is 2.06. The molecule has 4 N–H and O–H groups in total. The molecule has 1 atom stereocenters. The SMILES string of the molecule is CC(C)C(CN)C(=O)NCc1ccccc1CC(=O)O. The van der Waals surface area contributed by atoms with E-state index in [0.717, 1.165) is 5.56 Å². The Labute approximate surface area is 119 Å². The maximum atomic E-state index is 12.0.